The zero-order valence-corrected chi connectivity index (χ0v) is 16.9. The fraction of sp³-hybridized carbons (Fsp3) is 0.591. The Kier molecular flexibility index (Phi) is 8.24. The summed E-state index contributed by atoms with van der Waals surface area (Å²) in [6.45, 7) is 0.0473. The molecule has 3 rings (SSSR count). The van der Waals surface area contributed by atoms with Crippen LogP contribution in [0.1, 0.15) is 37.7 Å². The van der Waals surface area contributed by atoms with Crippen molar-refractivity contribution in [3.63, 3.8) is 0 Å². The average Bonchev–Trinajstić information content (AvgIpc) is 2.76. The smallest absolute Gasteiger partial charge is 0.229 e. The summed E-state index contributed by atoms with van der Waals surface area (Å²) in [4.78, 5) is 12.4. The van der Waals surface area contributed by atoms with Crippen LogP contribution in [0.25, 0.3) is 0 Å². The lowest BCUT2D eigenvalue weighted by Crippen LogP contribution is -2.60. The summed E-state index contributed by atoms with van der Waals surface area (Å²) in [6.07, 6.45) is 1.05. The summed E-state index contributed by atoms with van der Waals surface area (Å²) in [7, 11) is 0. The van der Waals surface area contributed by atoms with E-state index in [4.69, 9.17) is 9.47 Å². The van der Waals surface area contributed by atoms with Crippen LogP contribution in [-0.2, 0) is 16.0 Å². The largest absolute Gasteiger partial charge is 0.462 e. The third-order valence-electron chi connectivity index (χ3n) is 5.57. The zero-order valence-electron chi connectivity index (χ0n) is 16.9. The second-order valence-electron chi connectivity index (χ2n) is 7.81. The van der Waals surface area contributed by atoms with Gasteiger partial charge in [-0.2, -0.15) is 0 Å². The van der Waals surface area contributed by atoms with E-state index < -0.39 is 37.3 Å². The molecule has 1 aliphatic carbocycles. The number of allylic oxidation sites excluding steroid dienone is 1. The highest BCUT2D eigenvalue weighted by Gasteiger charge is 2.44. The number of amides is 1. The van der Waals surface area contributed by atoms with Gasteiger partial charge in [-0.3, -0.25) is 4.79 Å². The maximum absolute atomic E-state index is 12.4. The molecule has 1 aromatic rings. The number of hydrogen-bond acceptors (Lipinski definition) is 7. The van der Waals surface area contributed by atoms with Crippen LogP contribution in [0.3, 0.4) is 0 Å². The standard InChI is InChI=1S/C22H31NO7/c24-13-17-19(26)20(27)21(28)22(30-17)29-16-9-5-4-8-15(16)12-18(25)23-11-10-14-6-2-1-3-7-14/h4-6,8-9,17,19-22,24,26-28H,1-3,7,10-13H2,(H,23,25). The molecule has 1 aliphatic heterocycles. The Morgan fingerprint density at radius 3 is 2.67 bits per heavy atom. The lowest BCUT2D eigenvalue weighted by atomic mass is 9.97. The maximum Gasteiger partial charge on any atom is 0.229 e. The quantitative estimate of drug-likeness (QED) is 0.385. The molecule has 0 aromatic heterocycles. The van der Waals surface area contributed by atoms with Crippen LogP contribution in [0, 0.1) is 0 Å². The van der Waals surface area contributed by atoms with Crippen molar-refractivity contribution in [2.45, 2.75) is 69.2 Å². The number of para-hydroxylation sites is 1. The molecular formula is C22H31NO7. The number of carbonyl (C=O) groups is 1. The van der Waals surface area contributed by atoms with Gasteiger partial charge in [0.1, 0.15) is 30.2 Å². The first-order valence-electron chi connectivity index (χ1n) is 10.5. The first-order valence-corrected chi connectivity index (χ1v) is 10.5. The third-order valence-corrected chi connectivity index (χ3v) is 5.57. The number of nitrogens with one attached hydrogen (secondary N) is 1. The van der Waals surface area contributed by atoms with Crippen LogP contribution >= 0.6 is 0 Å². The van der Waals surface area contributed by atoms with E-state index in [0.717, 1.165) is 19.3 Å². The van der Waals surface area contributed by atoms with E-state index in [1.54, 1.807) is 24.3 Å². The van der Waals surface area contributed by atoms with Gasteiger partial charge in [0, 0.05) is 12.1 Å². The monoisotopic (exact) mass is 421 g/mol. The Hall–Kier alpha value is -1.97. The molecule has 0 radical (unpaired) electrons. The Morgan fingerprint density at radius 1 is 1.13 bits per heavy atom. The van der Waals surface area contributed by atoms with Crippen molar-refractivity contribution >= 4 is 5.91 Å². The van der Waals surface area contributed by atoms with E-state index in [2.05, 4.69) is 11.4 Å². The van der Waals surface area contributed by atoms with Crippen molar-refractivity contribution < 1.29 is 34.7 Å². The van der Waals surface area contributed by atoms with Gasteiger partial charge in [0.2, 0.25) is 12.2 Å². The maximum atomic E-state index is 12.4. The van der Waals surface area contributed by atoms with Crippen LogP contribution in [0.2, 0.25) is 0 Å². The minimum Gasteiger partial charge on any atom is -0.462 e. The number of rotatable bonds is 8. The number of ether oxygens (including phenoxy) is 2. The van der Waals surface area contributed by atoms with Gasteiger partial charge in [0.05, 0.1) is 13.0 Å². The highest BCUT2D eigenvalue weighted by atomic mass is 16.7. The van der Waals surface area contributed by atoms with E-state index in [1.165, 1.54) is 18.4 Å². The third kappa shape index (κ3) is 5.80. The second-order valence-corrected chi connectivity index (χ2v) is 7.81. The van der Waals surface area contributed by atoms with Crippen molar-refractivity contribution in [3.8, 4) is 5.75 Å². The minimum absolute atomic E-state index is 0.0899. The molecule has 2 aliphatic rings. The molecule has 1 heterocycles. The summed E-state index contributed by atoms with van der Waals surface area (Å²) in [5.41, 5.74) is 2.00. The van der Waals surface area contributed by atoms with E-state index in [0.29, 0.717) is 17.9 Å². The summed E-state index contributed by atoms with van der Waals surface area (Å²) >= 11 is 0. The van der Waals surface area contributed by atoms with E-state index >= 15 is 0 Å². The molecular weight excluding hydrogens is 390 g/mol. The molecule has 1 aromatic carbocycles. The summed E-state index contributed by atoms with van der Waals surface area (Å²) in [5.74, 6) is 0.184. The molecule has 0 bridgehead atoms. The lowest BCUT2D eigenvalue weighted by molar-refractivity contribution is -0.277. The van der Waals surface area contributed by atoms with Gasteiger partial charge < -0.3 is 35.2 Å². The van der Waals surface area contributed by atoms with Gasteiger partial charge in [-0.05, 0) is 38.2 Å². The van der Waals surface area contributed by atoms with Gasteiger partial charge in [0.15, 0.2) is 0 Å². The number of hydrogen-bond donors (Lipinski definition) is 5. The summed E-state index contributed by atoms with van der Waals surface area (Å²) < 4.78 is 11.1. The highest BCUT2D eigenvalue weighted by molar-refractivity contribution is 5.79. The Labute approximate surface area is 176 Å². The lowest BCUT2D eigenvalue weighted by Gasteiger charge is -2.39. The molecule has 1 fully saturated rings. The minimum atomic E-state index is -1.52. The molecule has 166 valence electrons. The molecule has 5 N–H and O–H groups in total. The first kappa shape index (κ1) is 22.7. The van der Waals surface area contributed by atoms with Crippen molar-refractivity contribution in [3.05, 3.63) is 41.5 Å². The fourth-order valence-electron chi connectivity index (χ4n) is 3.78. The van der Waals surface area contributed by atoms with Crippen molar-refractivity contribution in [2.24, 2.45) is 0 Å². The van der Waals surface area contributed by atoms with Gasteiger partial charge in [0.25, 0.3) is 0 Å². The van der Waals surface area contributed by atoms with Crippen LogP contribution in [0.4, 0.5) is 0 Å². The molecule has 8 heteroatoms. The topological polar surface area (TPSA) is 128 Å². The van der Waals surface area contributed by atoms with E-state index in [1.807, 2.05) is 0 Å². The van der Waals surface area contributed by atoms with Crippen LogP contribution in [0.15, 0.2) is 35.9 Å². The number of aliphatic hydroxyl groups excluding tert-OH is 4. The highest BCUT2D eigenvalue weighted by Crippen LogP contribution is 2.27. The molecule has 30 heavy (non-hydrogen) atoms. The zero-order chi connectivity index (χ0) is 21.5. The second kappa shape index (κ2) is 10.9. The normalized spacial score (nSPS) is 29.2. The number of carbonyl (C=O) groups excluding carboxylic acids is 1. The van der Waals surface area contributed by atoms with Crippen molar-refractivity contribution in [1.82, 2.24) is 5.32 Å². The van der Waals surface area contributed by atoms with Crippen LogP contribution in [-0.4, -0.2) is 70.2 Å². The van der Waals surface area contributed by atoms with E-state index in [-0.39, 0.29) is 12.3 Å². The molecule has 5 unspecified atom stereocenters. The number of benzene rings is 1. The molecule has 1 saturated heterocycles. The Bertz CT molecular complexity index is 736. The van der Waals surface area contributed by atoms with Crippen molar-refractivity contribution in [2.75, 3.05) is 13.2 Å². The molecule has 8 nitrogen and oxygen atoms in total. The molecule has 1 amide bonds. The fourth-order valence-corrected chi connectivity index (χ4v) is 3.78. The Morgan fingerprint density at radius 2 is 1.93 bits per heavy atom. The average molecular weight is 421 g/mol. The molecule has 0 spiro atoms. The van der Waals surface area contributed by atoms with Gasteiger partial charge >= 0.3 is 0 Å². The van der Waals surface area contributed by atoms with Crippen molar-refractivity contribution in [1.29, 1.82) is 0 Å². The number of aliphatic hydroxyl groups is 4. The predicted octanol–water partition coefficient (Wildman–Crippen LogP) is 0.414. The predicted molar refractivity (Wildman–Crippen MR) is 109 cm³/mol. The summed E-state index contributed by atoms with van der Waals surface area (Å²) in [5, 5.41) is 42.2. The molecule has 5 atom stereocenters. The van der Waals surface area contributed by atoms with E-state index in [9.17, 15) is 25.2 Å². The SMILES string of the molecule is O=C(Cc1ccccc1OC1OC(CO)C(O)C(O)C1O)NCCC1=CCCCC1. The molecule has 0 saturated carbocycles. The van der Waals surface area contributed by atoms with Gasteiger partial charge in [-0.15, -0.1) is 0 Å². The van der Waals surface area contributed by atoms with Gasteiger partial charge in [-0.25, -0.2) is 0 Å². The van der Waals surface area contributed by atoms with Gasteiger partial charge in [-0.1, -0.05) is 29.8 Å². The first-order chi connectivity index (χ1) is 14.5. The van der Waals surface area contributed by atoms with Crippen LogP contribution < -0.4 is 10.1 Å². The summed E-state index contributed by atoms with van der Waals surface area (Å²) in [6, 6.07) is 6.87. The van der Waals surface area contributed by atoms with Crippen LogP contribution in [0.5, 0.6) is 5.75 Å². The Balaban J connectivity index is 1.57.